The molecule has 0 saturated heterocycles. The Bertz CT molecular complexity index is 630. The van der Waals surface area contributed by atoms with Crippen LogP contribution in [0.1, 0.15) is 48.4 Å². The van der Waals surface area contributed by atoms with Crippen LogP contribution in [0.3, 0.4) is 0 Å². The van der Waals surface area contributed by atoms with Crippen LogP contribution < -0.4 is 10.6 Å². The maximum Gasteiger partial charge on any atom is 0.270 e. The summed E-state index contributed by atoms with van der Waals surface area (Å²) < 4.78 is 4.99. The second-order valence-electron chi connectivity index (χ2n) is 5.69. The Labute approximate surface area is 129 Å². The van der Waals surface area contributed by atoms with E-state index in [9.17, 15) is 4.79 Å². The Morgan fingerprint density at radius 3 is 2.73 bits per heavy atom. The van der Waals surface area contributed by atoms with Gasteiger partial charge in [-0.25, -0.2) is 4.98 Å². The monoisotopic (exact) mass is 300 g/mol. The molecule has 2 aromatic rings. The highest BCUT2D eigenvalue weighted by Crippen LogP contribution is 2.18. The van der Waals surface area contributed by atoms with Crippen molar-refractivity contribution in [1.82, 2.24) is 15.5 Å². The lowest BCUT2D eigenvalue weighted by Gasteiger charge is -2.22. The van der Waals surface area contributed by atoms with Gasteiger partial charge in [-0.2, -0.15) is 0 Å². The molecule has 0 bridgehead atoms. The van der Waals surface area contributed by atoms with Crippen molar-refractivity contribution in [2.75, 3.05) is 5.32 Å². The largest absolute Gasteiger partial charge is 0.360 e. The number of pyridine rings is 1. The number of aryl methyl sites for hydroxylation is 1. The van der Waals surface area contributed by atoms with Crippen LogP contribution in [-0.4, -0.2) is 22.1 Å². The number of rotatable bonds is 4. The highest BCUT2D eigenvalue weighted by atomic mass is 16.5. The number of nitrogens with zero attached hydrogens (tertiary/aromatic N) is 2. The molecule has 1 aliphatic carbocycles. The van der Waals surface area contributed by atoms with Crippen LogP contribution in [0.5, 0.6) is 0 Å². The highest BCUT2D eigenvalue weighted by molar-refractivity contribution is 5.92. The Kier molecular flexibility index (Phi) is 4.37. The van der Waals surface area contributed by atoms with Crippen LogP contribution in [0.15, 0.2) is 28.9 Å². The summed E-state index contributed by atoms with van der Waals surface area (Å²) in [5.41, 5.74) is 1.20. The van der Waals surface area contributed by atoms with E-state index in [1.165, 1.54) is 19.3 Å². The molecule has 0 atom stereocenters. The van der Waals surface area contributed by atoms with Crippen molar-refractivity contribution in [2.24, 2.45) is 0 Å². The van der Waals surface area contributed by atoms with Crippen molar-refractivity contribution in [2.45, 2.75) is 45.1 Å². The van der Waals surface area contributed by atoms with Crippen LogP contribution in [0.25, 0.3) is 0 Å². The van der Waals surface area contributed by atoms with E-state index in [2.05, 4.69) is 20.8 Å². The van der Waals surface area contributed by atoms with Crippen LogP contribution in [0.4, 0.5) is 11.5 Å². The van der Waals surface area contributed by atoms with Gasteiger partial charge in [0.1, 0.15) is 11.5 Å². The molecule has 0 aromatic carbocycles. The lowest BCUT2D eigenvalue weighted by atomic mass is 9.95. The van der Waals surface area contributed by atoms with Crippen molar-refractivity contribution in [1.29, 1.82) is 0 Å². The second kappa shape index (κ2) is 6.60. The fourth-order valence-electron chi connectivity index (χ4n) is 2.68. The predicted molar refractivity (Wildman–Crippen MR) is 83.1 cm³/mol. The molecule has 0 radical (unpaired) electrons. The van der Waals surface area contributed by atoms with Crippen molar-refractivity contribution in [3.05, 3.63) is 35.9 Å². The molecule has 0 spiro atoms. The fraction of sp³-hybridized carbons (Fsp3) is 0.438. The number of amides is 1. The van der Waals surface area contributed by atoms with Gasteiger partial charge in [-0.1, -0.05) is 24.4 Å². The SMILES string of the molecule is Cc1cc(Nc2ccc(C(=O)NC3CCCCC3)nc2)no1. The Balaban J connectivity index is 1.59. The van der Waals surface area contributed by atoms with Crippen LogP contribution in [0.2, 0.25) is 0 Å². The van der Waals surface area contributed by atoms with Gasteiger partial charge < -0.3 is 15.2 Å². The van der Waals surface area contributed by atoms with Crippen molar-refractivity contribution in [3.8, 4) is 0 Å². The molecule has 2 heterocycles. The molecule has 1 fully saturated rings. The summed E-state index contributed by atoms with van der Waals surface area (Å²) in [7, 11) is 0. The number of anilines is 2. The Morgan fingerprint density at radius 1 is 1.27 bits per heavy atom. The maximum atomic E-state index is 12.2. The lowest BCUT2D eigenvalue weighted by Crippen LogP contribution is -2.36. The van der Waals surface area contributed by atoms with E-state index >= 15 is 0 Å². The number of hydrogen-bond acceptors (Lipinski definition) is 5. The van der Waals surface area contributed by atoms with Gasteiger partial charge in [0.15, 0.2) is 5.82 Å². The van der Waals surface area contributed by atoms with Gasteiger partial charge >= 0.3 is 0 Å². The zero-order valence-electron chi connectivity index (χ0n) is 12.6. The normalized spacial score (nSPS) is 15.5. The predicted octanol–water partition coefficient (Wildman–Crippen LogP) is 3.18. The fourth-order valence-corrected chi connectivity index (χ4v) is 2.68. The minimum Gasteiger partial charge on any atom is -0.360 e. The topological polar surface area (TPSA) is 80.0 Å². The highest BCUT2D eigenvalue weighted by Gasteiger charge is 2.17. The Morgan fingerprint density at radius 2 is 2.09 bits per heavy atom. The second-order valence-corrected chi connectivity index (χ2v) is 5.69. The molecule has 22 heavy (non-hydrogen) atoms. The van der Waals surface area contributed by atoms with Gasteiger partial charge in [0.05, 0.1) is 11.9 Å². The summed E-state index contributed by atoms with van der Waals surface area (Å²) in [6.07, 6.45) is 7.41. The molecule has 1 amide bonds. The van der Waals surface area contributed by atoms with Crippen molar-refractivity contribution >= 4 is 17.4 Å². The van der Waals surface area contributed by atoms with E-state index in [1.807, 2.05) is 13.0 Å². The van der Waals surface area contributed by atoms with Gasteiger partial charge in [-0.15, -0.1) is 0 Å². The van der Waals surface area contributed by atoms with Gasteiger partial charge in [-0.05, 0) is 31.9 Å². The van der Waals surface area contributed by atoms with E-state index in [1.54, 1.807) is 18.3 Å². The van der Waals surface area contributed by atoms with E-state index in [0.29, 0.717) is 17.6 Å². The van der Waals surface area contributed by atoms with Gasteiger partial charge in [0, 0.05) is 12.1 Å². The molecule has 6 heteroatoms. The number of carbonyl (C=O) groups excluding carboxylic acids is 1. The van der Waals surface area contributed by atoms with Gasteiger partial charge in [-0.3, -0.25) is 4.79 Å². The zero-order chi connectivity index (χ0) is 15.4. The average Bonchev–Trinajstić information content (AvgIpc) is 2.94. The van der Waals surface area contributed by atoms with Crippen LogP contribution >= 0.6 is 0 Å². The summed E-state index contributed by atoms with van der Waals surface area (Å²) in [4.78, 5) is 16.4. The number of hydrogen-bond donors (Lipinski definition) is 2. The summed E-state index contributed by atoms with van der Waals surface area (Å²) in [5, 5.41) is 9.98. The molecule has 116 valence electrons. The summed E-state index contributed by atoms with van der Waals surface area (Å²) >= 11 is 0. The molecular weight excluding hydrogens is 280 g/mol. The maximum absolute atomic E-state index is 12.2. The first kappa shape index (κ1) is 14.6. The minimum absolute atomic E-state index is 0.101. The van der Waals surface area contributed by atoms with Crippen molar-refractivity contribution < 1.29 is 9.32 Å². The average molecular weight is 300 g/mol. The molecule has 2 N–H and O–H groups in total. The summed E-state index contributed by atoms with van der Waals surface area (Å²) in [6, 6.07) is 5.61. The molecular formula is C16H20N4O2. The third-order valence-electron chi connectivity index (χ3n) is 3.84. The quantitative estimate of drug-likeness (QED) is 0.906. The Hall–Kier alpha value is -2.37. The smallest absolute Gasteiger partial charge is 0.270 e. The first-order chi connectivity index (χ1) is 10.7. The summed E-state index contributed by atoms with van der Waals surface area (Å²) in [5.74, 6) is 1.26. The first-order valence-corrected chi connectivity index (χ1v) is 7.68. The summed E-state index contributed by atoms with van der Waals surface area (Å²) in [6.45, 7) is 1.83. The van der Waals surface area contributed by atoms with Gasteiger partial charge in [0.25, 0.3) is 5.91 Å². The van der Waals surface area contributed by atoms with Crippen LogP contribution in [-0.2, 0) is 0 Å². The zero-order valence-corrected chi connectivity index (χ0v) is 12.6. The molecule has 0 unspecified atom stereocenters. The molecule has 0 aliphatic heterocycles. The number of carbonyl (C=O) groups is 1. The number of nitrogens with one attached hydrogen (secondary N) is 2. The van der Waals surface area contributed by atoms with Crippen LogP contribution in [0, 0.1) is 6.92 Å². The molecule has 2 aromatic heterocycles. The number of aromatic nitrogens is 2. The molecule has 1 saturated carbocycles. The van der Waals surface area contributed by atoms with E-state index in [0.717, 1.165) is 24.3 Å². The molecule has 3 rings (SSSR count). The third kappa shape index (κ3) is 3.63. The van der Waals surface area contributed by atoms with Gasteiger partial charge in [0.2, 0.25) is 0 Å². The van der Waals surface area contributed by atoms with E-state index < -0.39 is 0 Å². The third-order valence-corrected chi connectivity index (χ3v) is 3.84. The van der Waals surface area contributed by atoms with Crippen molar-refractivity contribution in [3.63, 3.8) is 0 Å². The van der Waals surface area contributed by atoms with E-state index in [4.69, 9.17) is 4.52 Å². The molecule has 1 aliphatic rings. The standard InChI is InChI=1S/C16H20N4O2/c1-11-9-15(20-22-11)18-13-7-8-14(17-10-13)16(21)19-12-5-3-2-4-6-12/h7-10,12H,2-6H2,1H3,(H,18,20)(H,19,21). The van der Waals surface area contributed by atoms with E-state index in [-0.39, 0.29) is 5.91 Å². The first-order valence-electron chi connectivity index (χ1n) is 7.68. The lowest BCUT2D eigenvalue weighted by molar-refractivity contribution is 0.0922. The minimum atomic E-state index is -0.101. The molecule has 6 nitrogen and oxygen atoms in total.